The molecule has 0 aromatic carbocycles. The highest BCUT2D eigenvalue weighted by atomic mass is 35.6. The second-order valence-electron chi connectivity index (χ2n) is 2.14. The highest BCUT2D eigenvalue weighted by Gasteiger charge is 2.78. The summed E-state index contributed by atoms with van der Waals surface area (Å²) >= 11 is 15.2. The number of hydrogen-bond acceptors (Lipinski definition) is 1. The fourth-order valence-corrected chi connectivity index (χ4v) is 1.09. The van der Waals surface area contributed by atoms with Gasteiger partial charge in [-0.25, -0.2) is 4.39 Å². The quantitative estimate of drug-likeness (QED) is 0.497. The Labute approximate surface area is 75.3 Å². The van der Waals surface area contributed by atoms with Crippen LogP contribution in [-0.4, -0.2) is 15.8 Å². The van der Waals surface area contributed by atoms with Crippen LogP contribution in [0.2, 0.25) is 0 Å². The highest BCUT2D eigenvalue weighted by molar-refractivity contribution is 6.67. The SMILES string of the molecule is FC1(F)OC1(F)CC(Cl)(Cl)Cl. The van der Waals surface area contributed by atoms with E-state index in [1.165, 1.54) is 0 Å². The molecule has 1 saturated heterocycles. The van der Waals surface area contributed by atoms with Crippen molar-refractivity contribution in [2.24, 2.45) is 0 Å². The summed E-state index contributed by atoms with van der Waals surface area (Å²) in [6.45, 7) is 0. The summed E-state index contributed by atoms with van der Waals surface area (Å²) in [4.78, 5) is 0. The minimum absolute atomic E-state index is 0.975. The van der Waals surface area contributed by atoms with Gasteiger partial charge in [0.05, 0.1) is 6.42 Å². The van der Waals surface area contributed by atoms with Gasteiger partial charge in [-0.2, -0.15) is 8.78 Å². The highest BCUT2D eigenvalue weighted by Crippen LogP contribution is 2.58. The minimum Gasteiger partial charge on any atom is -0.270 e. The molecule has 66 valence electrons. The van der Waals surface area contributed by atoms with E-state index in [0.717, 1.165) is 0 Å². The van der Waals surface area contributed by atoms with Crippen molar-refractivity contribution in [2.45, 2.75) is 22.2 Å². The van der Waals surface area contributed by atoms with Crippen molar-refractivity contribution in [3.8, 4) is 0 Å². The number of halogens is 6. The number of ether oxygens (including phenoxy) is 1. The normalized spacial score (nSPS) is 35.5. The van der Waals surface area contributed by atoms with Gasteiger partial charge >= 0.3 is 12.0 Å². The van der Waals surface area contributed by atoms with E-state index < -0.39 is 22.2 Å². The van der Waals surface area contributed by atoms with E-state index in [1.807, 2.05) is 0 Å². The molecule has 0 aromatic heterocycles. The lowest BCUT2D eigenvalue weighted by molar-refractivity contribution is -0.00186. The summed E-state index contributed by atoms with van der Waals surface area (Å²) in [7, 11) is 0. The molecule has 0 bridgehead atoms. The van der Waals surface area contributed by atoms with E-state index in [1.54, 1.807) is 0 Å². The van der Waals surface area contributed by atoms with Crippen LogP contribution in [0.3, 0.4) is 0 Å². The molecule has 0 amide bonds. The first kappa shape index (κ1) is 9.71. The van der Waals surface area contributed by atoms with Gasteiger partial charge in [0, 0.05) is 0 Å². The Kier molecular flexibility index (Phi) is 2.04. The van der Waals surface area contributed by atoms with Crippen molar-refractivity contribution >= 4 is 34.8 Å². The lowest BCUT2D eigenvalue weighted by atomic mass is 10.3. The van der Waals surface area contributed by atoms with Crippen LogP contribution in [0.4, 0.5) is 13.2 Å². The van der Waals surface area contributed by atoms with Crippen LogP contribution < -0.4 is 0 Å². The molecule has 1 aliphatic rings. The van der Waals surface area contributed by atoms with Gasteiger partial charge in [0.15, 0.2) is 3.79 Å². The molecular weight excluding hydrogens is 227 g/mol. The van der Waals surface area contributed by atoms with Crippen LogP contribution in [0.15, 0.2) is 0 Å². The second-order valence-corrected chi connectivity index (χ2v) is 4.66. The third kappa shape index (κ3) is 2.05. The van der Waals surface area contributed by atoms with Crippen molar-refractivity contribution in [2.75, 3.05) is 0 Å². The molecule has 1 atom stereocenters. The fourth-order valence-electron chi connectivity index (χ4n) is 0.574. The van der Waals surface area contributed by atoms with Crippen LogP contribution in [-0.2, 0) is 4.74 Å². The van der Waals surface area contributed by atoms with Gasteiger partial charge in [-0.3, -0.25) is 4.74 Å². The zero-order valence-electron chi connectivity index (χ0n) is 4.88. The van der Waals surface area contributed by atoms with Crippen molar-refractivity contribution in [1.29, 1.82) is 0 Å². The summed E-state index contributed by atoms with van der Waals surface area (Å²) in [5.74, 6) is -3.10. The zero-order chi connectivity index (χ0) is 8.91. The predicted molar refractivity (Wildman–Crippen MR) is 34.8 cm³/mol. The van der Waals surface area contributed by atoms with Crippen LogP contribution in [0.5, 0.6) is 0 Å². The Hall–Kier alpha value is 0.620. The lowest BCUT2D eigenvalue weighted by Gasteiger charge is -2.09. The lowest BCUT2D eigenvalue weighted by Crippen LogP contribution is -2.20. The van der Waals surface area contributed by atoms with E-state index in [4.69, 9.17) is 34.8 Å². The molecular formula is C4H2Cl3F3O. The Morgan fingerprint density at radius 3 is 1.64 bits per heavy atom. The van der Waals surface area contributed by atoms with E-state index in [-0.39, 0.29) is 0 Å². The maximum atomic E-state index is 12.5. The van der Waals surface area contributed by atoms with E-state index in [0.29, 0.717) is 0 Å². The van der Waals surface area contributed by atoms with Crippen molar-refractivity contribution < 1.29 is 17.9 Å². The van der Waals surface area contributed by atoms with Crippen molar-refractivity contribution in [3.63, 3.8) is 0 Å². The maximum Gasteiger partial charge on any atom is 0.417 e. The molecule has 7 heteroatoms. The molecule has 1 aliphatic heterocycles. The Balaban J connectivity index is 2.54. The number of hydrogen-bond donors (Lipinski definition) is 0. The molecule has 0 N–H and O–H groups in total. The van der Waals surface area contributed by atoms with Gasteiger partial charge in [-0.1, -0.05) is 34.8 Å². The summed E-state index contributed by atoms with van der Waals surface area (Å²) < 4.78 is 37.8. The van der Waals surface area contributed by atoms with Gasteiger partial charge in [-0.15, -0.1) is 0 Å². The number of alkyl halides is 6. The van der Waals surface area contributed by atoms with E-state index in [9.17, 15) is 13.2 Å². The van der Waals surface area contributed by atoms with Gasteiger partial charge in [0.1, 0.15) is 0 Å². The molecule has 11 heavy (non-hydrogen) atoms. The van der Waals surface area contributed by atoms with Gasteiger partial charge in [0.2, 0.25) is 0 Å². The Bertz CT molecular complexity index is 180. The monoisotopic (exact) mass is 228 g/mol. The van der Waals surface area contributed by atoms with Gasteiger partial charge < -0.3 is 0 Å². The third-order valence-electron chi connectivity index (χ3n) is 1.11. The summed E-state index contributed by atoms with van der Waals surface area (Å²) in [5, 5.41) is 0. The average molecular weight is 229 g/mol. The average Bonchev–Trinajstić information content (AvgIpc) is 1.96. The van der Waals surface area contributed by atoms with Crippen LogP contribution in [0, 0.1) is 0 Å². The molecule has 1 heterocycles. The molecule has 1 unspecified atom stereocenters. The molecule has 0 spiro atoms. The molecule has 1 rings (SSSR count). The largest absolute Gasteiger partial charge is 0.417 e. The first-order valence-corrected chi connectivity index (χ1v) is 3.63. The minimum atomic E-state index is -3.81. The molecule has 0 radical (unpaired) electrons. The Morgan fingerprint density at radius 1 is 1.18 bits per heavy atom. The molecule has 0 aliphatic carbocycles. The smallest absolute Gasteiger partial charge is 0.270 e. The summed E-state index contributed by atoms with van der Waals surface area (Å²) in [6, 6.07) is 0. The topological polar surface area (TPSA) is 12.5 Å². The Morgan fingerprint density at radius 2 is 1.55 bits per heavy atom. The van der Waals surface area contributed by atoms with Crippen molar-refractivity contribution in [1.82, 2.24) is 0 Å². The molecule has 1 fully saturated rings. The second kappa shape index (κ2) is 2.31. The van der Waals surface area contributed by atoms with E-state index >= 15 is 0 Å². The standard InChI is InChI=1S/C4H2Cl3F3O/c5-3(6,7)1-2(8)4(9,10)11-2/h1H2. The molecule has 1 nitrogen and oxygen atoms in total. The summed E-state index contributed by atoms with van der Waals surface area (Å²) in [5.41, 5.74) is 0. The van der Waals surface area contributed by atoms with Gasteiger partial charge in [-0.05, 0) is 0 Å². The van der Waals surface area contributed by atoms with Gasteiger partial charge in [0.25, 0.3) is 0 Å². The first-order valence-electron chi connectivity index (χ1n) is 2.50. The molecule has 0 saturated carbocycles. The van der Waals surface area contributed by atoms with E-state index in [2.05, 4.69) is 4.74 Å². The fraction of sp³-hybridized carbons (Fsp3) is 1.00. The number of epoxide rings is 1. The van der Waals surface area contributed by atoms with Crippen LogP contribution in [0.25, 0.3) is 0 Å². The predicted octanol–water partition coefficient (Wildman–Crippen LogP) is 3.04. The maximum absolute atomic E-state index is 12.5. The summed E-state index contributed by atoms with van der Waals surface area (Å²) in [6.07, 6.45) is -4.78. The van der Waals surface area contributed by atoms with Crippen LogP contribution >= 0.6 is 34.8 Å². The number of rotatable bonds is 1. The first-order chi connectivity index (χ1) is 4.66. The third-order valence-corrected chi connectivity index (χ3v) is 1.51. The zero-order valence-corrected chi connectivity index (χ0v) is 7.15. The molecule has 0 aromatic rings. The van der Waals surface area contributed by atoms with Crippen molar-refractivity contribution in [3.05, 3.63) is 0 Å². The van der Waals surface area contributed by atoms with Crippen LogP contribution in [0.1, 0.15) is 6.42 Å².